The molecule has 9 nitrogen and oxygen atoms in total. The zero-order valence-electron chi connectivity index (χ0n) is 19.3. The first-order chi connectivity index (χ1) is 16.7. The van der Waals surface area contributed by atoms with Crippen molar-refractivity contribution in [1.29, 1.82) is 0 Å². The van der Waals surface area contributed by atoms with Gasteiger partial charge in [0, 0.05) is 50.6 Å². The maximum Gasteiger partial charge on any atom is 0.213 e. The van der Waals surface area contributed by atoms with Gasteiger partial charge < -0.3 is 29.4 Å². The van der Waals surface area contributed by atoms with Gasteiger partial charge >= 0.3 is 0 Å². The molecule has 0 radical (unpaired) electrons. The van der Waals surface area contributed by atoms with Crippen molar-refractivity contribution in [1.82, 2.24) is 20.2 Å². The summed E-state index contributed by atoms with van der Waals surface area (Å²) >= 11 is 0. The van der Waals surface area contributed by atoms with E-state index in [2.05, 4.69) is 20.2 Å². The maximum absolute atomic E-state index is 11.0. The third kappa shape index (κ3) is 5.23. The molecule has 0 saturated carbocycles. The van der Waals surface area contributed by atoms with Crippen LogP contribution < -0.4 is 19.5 Å². The Morgan fingerprint density at radius 2 is 2.03 bits per heavy atom. The first-order valence-electron chi connectivity index (χ1n) is 11.6. The van der Waals surface area contributed by atoms with Crippen LogP contribution in [0.25, 0.3) is 11.0 Å². The van der Waals surface area contributed by atoms with Crippen LogP contribution >= 0.6 is 0 Å². The zero-order valence-corrected chi connectivity index (χ0v) is 19.3. The molecule has 2 unspecified atom stereocenters. The van der Waals surface area contributed by atoms with Crippen molar-refractivity contribution in [3.05, 3.63) is 53.7 Å². The number of benzene rings is 1. The monoisotopic (exact) mass is 466 g/mol. The molecular formula is C25H30N4O5. The number of hydrogen-bond acceptors (Lipinski definition) is 9. The number of β-amino-alcohol motifs (C(OH)–C–C–N with tert-alkyl or cyclic N) is 1. The highest BCUT2D eigenvalue weighted by atomic mass is 16.6. The maximum atomic E-state index is 11.0. The van der Waals surface area contributed by atoms with E-state index in [4.69, 9.17) is 18.9 Å². The first-order valence-corrected chi connectivity index (χ1v) is 11.6. The average molecular weight is 467 g/mol. The minimum atomic E-state index is -0.686. The van der Waals surface area contributed by atoms with Crippen LogP contribution in [0.2, 0.25) is 0 Å². The van der Waals surface area contributed by atoms with Gasteiger partial charge in [0.15, 0.2) is 11.5 Å². The van der Waals surface area contributed by atoms with Gasteiger partial charge in [-0.15, -0.1) is 0 Å². The van der Waals surface area contributed by atoms with E-state index in [-0.39, 0.29) is 6.10 Å². The van der Waals surface area contributed by atoms with Crippen molar-refractivity contribution in [2.24, 2.45) is 0 Å². The van der Waals surface area contributed by atoms with Crippen molar-refractivity contribution in [2.75, 3.05) is 53.1 Å². The van der Waals surface area contributed by atoms with Gasteiger partial charge in [-0.1, -0.05) is 6.07 Å². The van der Waals surface area contributed by atoms with Crippen LogP contribution in [-0.2, 0) is 11.3 Å². The number of nitrogens with zero attached hydrogens (tertiary/aromatic N) is 3. The molecule has 2 atom stereocenters. The molecule has 180 valence electrons. The second kappa shape index (κ2) is 10.5. The molecule has 9 heteroatoms. The lowest BCUT2D eigenvalue weighted by Crippen LogP contribution is -2.47. The molecule has 4 heterocycles. The quantitative estimate of drug-likeness (QED) is 0.516. The number of pyridine rings is 2. The summed E-state index contributed by atoms with van der Waals surface area (Å²) in [7, 11) is 1.58. The number of hydrogen-bond donors (Lipinski definition) is 2. The second-order valence-electron chi connectivity index (χ2n) is 8.50. The summed E-state index contributed by atoms with van der Waals surface area (Å²) in [4.78, 5) is 11.1. The predicted molar refractivity (Wildman–Crippen MR) is 126 cm³/mol. The molecule has 3 aromatic rings. The van der Waals surface area contributed by atoms with Crippen LogP contribution in [-0.4, -0.2) is 79.2 Å². The normalized spacial score (nSPS) is 19.2. The molecule has 2 N–H and O–H groups in total. The van der Waals surface area contributed by atoms with E-state index in [9.17, 15) is 5.11 Å². The summed E-state index contributed by atoms with van der Waals surface area (Å²) in [5, 5.41) is 14.5. The number of ether oxygens (including phenoxy) is 4. The van der Waals surface area contributed by atoms with Gasteiger partial charge in [-0.25, -0.2) is 4.98 Å². The fourth-order valence-corrected chi connectivity index (χ4v) is 4.40. The van der Waals surface area contributed by atoms with Gasteiger partial charge in [-0.05, 0) is 29.8 Å². The molecule has 0 aliphatic carbocycles. The SMILES string of the molecule is COc1ccc2nccc(C(O)CN3CCOC(CNCc4ccc5c(c4)OCCO5)C3)c2n1. The van der Waals surface area contributed by atoms with Crippen LogP contribution in [0.4, 0.5) is 0 Å². The van der Waals surface area contributed by atoms with E-state index < -0.39 is 6.10 Å². The highest BCUT2D eigenvalue weighted by Crippen LogP contribution is 2.30. The molecule has 0 spiro atoms. The lowest BCUT2D eigenvalue weighted by Gasteiger charge is -2.34. The lowest BCUT2D eigenvalue weighted by atomic mass is 10.1. The molecule has 2 aromatic heterocycles. The third-order valence-corrected chi connectivity index (χ3v) is 6.12. The Balaban J connectivity index is 1.15. The Hall–Kier alpha value is -2.98. The van der Waals surface area contributed by atoms with Crippen LogP contribution in [0.15, 0.2) is 42.6 Å². The molecule has 5 rings (SSSR count). The predicted octanol–water partition coefficient (Wildman–Crippen LogP) is 1.93. The lowest BCUT2D eigenvalue weighted by molar-refractivity contribution is -0.0395. The number of nitrogens with one attached hydrogen (secondary N) is 1. The topological polar surface area (TPSA) is 98.2 Å². The van der Waals surface area contributed by atoms with E-state index in [0.717, 1.165) is 54.3 Å². The number of fused-ring (bicyclic) bond motifs is 2. The van der Waals surface area contributed by atoms with Crippen LogP contribution in [0.3, 0.4) is 0 Å². The minimum absolute atomic E-state index is 0.0468. The fourth-order valence-electron chi connectivity index (χ4n) is 4.40. The number of methoxy groups -OCH3 is 1. The number of morpholine rings is 1. The fraction of sp³-hybridized carbons (Fsp3) is 0.440. The van der Waals surface area contributed by atoms with Crippen molar-refractivity contribution in [2.45, 2.75) is 18.8 Å². The second-order valence-corrected chi connectivity index (χ2v) is 8.50. The summed E-state index contributed by atoms with van der Waals surface area (Å²) in [6, 6.07) is 11.5. The molecule has 34 heavy (non-hydrogen) atoms. The highest BCUT2D eigenvalue weighted by molar-refractivity contribution is 5.78. The summed E-state index contributed by atoms with van der Waals surface area (Å²) in [5.41, 5.74) is 3.30. The Labute approximate surface area is 198 Å². The van der Waals surface area contributed by atoms with E-state index in [0.29, 0.717) is 37.8 Å². The summed E-state index contributed by atoms with van der Waals surface area (Å²) in [6.45, 7) is 5.26. The highest BCUT2D eigenvalue weighted by Gasteiger charge is 2.24. The number of aliphatic hydroxyl groups is 1. The molecule has 0 bridgehead atoms. The molecule has 0 amide bonds. The zero-order chi connectivity index (χ0) is 23.3. The van der Waals surface area contributed by atoms with Crippen LogP contribution in [0, 0.1) is 0 Å². The van der Waals surface area contributed by atoms with E-state index >= 15 is 0 Å². The van der Waals surface area contributed by atoms with Crippen molar-refractivity contribution < 1.29 is 24.1 Å². The number of aromatic nitrogens is 2. The van der Waals surface area contributed by atoms with E-state index in [1.807, 2.05) is 30.3 Å². The minimum Gasteiger partial charge on any atom is -0.486 e. The Morgan fingerprint density at radius 3 is 2.91 bits per heavy atom. The first kappa shape index (κ1) is 22.8. The van der Waals surface area contributed by atoms with Crippen molar-refractivity contribution >= 4 is 11.0 Å². The summed E-state index contributed by atoms with van der Waals surface area (Å²) in [6.07, 6.45) is 1.07. The number of aliphatic hydroxyl groups excluding tert-OH is 1. The molecule has 2 aliphatic rings. The van der Waals surface area contributed by atoms with E-state index in [1.165, 1.54) is 0 Å². The molecule has 1 aromatic carbocycles. The largest absolute Gasteiger partial charge is 0.486 e. The summed E-state index contributed by atoms with van der Waals surface area (Å²) in [5.74, 6) is 2.11. The van der Waals surface area contributed by atoms with Gasteiger partial charge in [0.25, 0.3) is 0 Å². The van der Waals surface area contributed by atoms with Crippen molar-refractivity contribution in [3.63, 3.8) is 0 Å². The Kier molecular flexibility index (Phi) is 7.05. The molecular weight excluding hydrogens is 436 g/mol. The molecule has 2 aliphatic heterocycles. The van der Waals surface area contributed by atoms with Gasteiger partial charge in [0.05, 0.1) is 37.0 Å². The standard InChI is InChI=1S/C25H30N4O5/c1-31-24-5-3-20-25(28-24)19(6-7-27-20)21(30)16-29-8-9-32-18(15-29)14-26-13-17-2-4-22-23(12-17)34-11-10-33-22/h2-7,12,18,21,26,30H,8-11,13-16H2,1H3. The van der Waals surface area contributed by atoms with Crippen LogP contribution in [0.1, 0.15) is 17.2 Å². The van der Waals surface area contributed by atoms with Gasteiger partial charge in [0.1, 0.15) is 13.2 Å². The molecule has 1 saturated heterocycles. The van der Waals surface area contributed by atoms with Gasteiger partial charge in [-0.2, -0.15) is 0 Å². The Morgan fingerprint density at radius 1 is 1.15 bits per heavy atom. The van der Waals surface area contributed by atoms with Crippen LogP contribution in [0.5, 0.6) is 17.4 Å². The third-order valence-electron chi connectivity index (χ3n) is 6.12. The van der Waals surface area contributed by atoms with E-state index in [1.54, 1.807) is 19.4 Å². The van der Waals surface area contributed by atoms with Gasteiger partial charge in [-0.3, -0.25) is 9.88 Å². The van der Waals surface area contributed by atoms with Gasteiger partial charge in [0.2, 0.25) is 5.88 Å². The number of rotatable bonds is 8. The molecule has 1 fully saturated rings. The summed E-state index contributed by atoms with van der Waals surface area (Å²) < 4.78 is 22.5. The average Bonchev–Trinajstić information content (AvgIpc) is 2.88. The van der Waals surface area contributed by atoms with Crippen molar-refractivity contribution in [3.8, 4) is 17.4 Å². The smallest absolute Gasteiger partial charge is 0.213 e. The Bertz CT molecular complexity index is 1130.